The van der Waals surface area contributed by atoms with Crippen LogP contribution in [0.25, 0.3) is 0 Å². The van der Waals surface area contributed by atoms with E-state index in [-0.39, 0.29) is 17.3 Å². The Morgan fingerprint density at radius 2 is 2.38 bits per heavy atom. The van der Waals surface area contributed by atoms with Gasteiger partial charge >= 0.3 is 5.97 Å². The predicted octanol–water partition coefficient (Wildman–Crippen LogP) is -0.317. The van der Waals surface area contributed by atoms with Crippen LogP contribution in [0.4, 0.5) is 0 Å². The smallest absolute Gasteiger partial charge is 0.367 e. The lowest BCUT2D eigenvalue weighted by Gasteiger charge is -1.96. The topological polar surface area (TPSA) is 79.3 Å². The zero-order valence-corrected chi connectivity index (χ0v) is 7.59. The van der Waals surface area contributed by atoms with Crippen LogP contribution in [0, 0.1) is 0 Å². The van der Waals surface area contributed by atoms with Gasteiger partial charge in [0.15, 0.2) is 0 Å². The molecule has 5 nitrogen and oxygen atoms in total. The summed E-state index contributed by atoms with van der Waals surface area (Å²) in [5.74, 6) is -2.01. The van der Waals surface area contributed by atoms with Gasteiger partial charge in [0.05, 0.1) is 18.3 Å². The SMILES string of the molecule is CCOC(=O)c1nc(C(=O)[O-])cs1. The summed E-state index contributed by atoms with van der Waals surface area (Å²) < 4.78 is 4.62. The third-order valence-electron chi connectivity index (χ3n) is 1.16. The largest absolute Gasteiger partial charge is 0.543 e. The maximum atomic E-state index is 11.0. The van der Waals surface area contributed by atoms with E-state index in [1.807, 2.05) is 0 Å². The number of aromatic nitrogens is 1. The number of thiazole rings is 1. The molecule has 0 atom stereocenters. The van der Waals surface area contributed by atoms with Crippen LogP contribution in [0.1, 0.15) is 27.2 Å². The minimum Gasteiger partial charge on any atom is -0.543 e. The van der Waals surface area contributed by atoms with E-state index in [0.717, 1.165) is 11.3 Å². The third kappa shape index (κ3) is 2.25. The molecule has 1 heterocycles. The lowest BCUT2D eigenvalue weighted by Crippen LogP contribution is -2.22. The lowest BCUT2D eigenvalue weighted by atomic mass is 10.5. The molecule has 0 unspecified atom stereocenters. The van der Waals surface area contributed by atoms with Crippen LogP contribution in [-0.4, -0.2) is 23.5 Å². The van der Waals surface area contributed by atoms with Crippen LogP contribution in [0.5, 0.6) is 0 Å². The van der Waals surface area contributed by atoms with Crippen LogP contribution in [-0.2, 0) is 4.74 Å². The molecule has 0 saturated carbocycles. The van der Waals surface area contributed by atoms with E-state index in [9.17, 15) is 14.7 Å². The van der Waals surface area contributed by atoms with Crippen molar-refractivity contribution in [1.29, 1.82) is 0 Å². The van der Waals surface area contributed by atoms with E-state index in [2.05, 4.69) is 9.72 Å². The lowest BCUT2D eigenvalue weighted by molar-refractivity contribution is -0.255. The fourth-order valence-electron chi connectivity index (χ4n) is 0.654. The molecule has 0 aliphatic rings. The van der Waals surface area contributed by atoms with Crippen molar-refractivity contribution in [3.63, 3.8) is 0 Å². The van der Waals surface area contributed by atoms with E-state index in [0.29, 0.717) is 0 Å². The van der Waals surface area contributed by atoms with Gasteiger partial charge in [0.2, 0.25) is 5.01 Å². The number of carbonyl (C=O) groups is 2. The summed E-state index contributed by atoms with van der Waals surface area (Å²) in [6, 6.07) is 0. The summed E-state index contributed by atoms with van der Waals surface area (Å²) >= 11 is 0.919. The average Bonchev–Trinajstić information content (AvgIpc) is 2.52. The summed E-state index contributed by atoms with van der Waals surface area (Å²) in [7, 11) is 0. The number of carboxylic acid groups (broad SMARTS) is 1. The number of hydrogen-bond acceptors (Lipinski definition) is 6. The first-order valence-electron chi connectivity index (χ1n) is 3.49. The Labute approximate surface area is 78.0 Å². The first kappa shape index (κ1) is 9.66. The molecular weight excluding hydrogens is 194 g/mol. The van der Waals surface area contributed by atoms with Gasteiger partial charge in [-0.25, -0.2) is 9.78 Å². The summed E-state index contributed by atoms with van der Waals surface area (Å²) in [6.07, 6.45) is 0. The number of carbonyl (C=O) groups excluding carboxylic acids is 2. The Morgan fingerprint density at radius 3 is 2.85 bits per heavy atom. The van der Waals surface area contributed by atoms with Gasteiger partial charge in [0.1, 0.15) is 0 Å². The fourth-order valence-corrected chi connectivity index (χ4v) is 1.33. The number of hydrogen-bond donors (Lipinski definition) is 0. The molecule has 0 N–H and O–H groups in total. The van der Waals surface area contributed by atoms with Crippen molar-refractivity contribution in [3.8, 4) is 0 Å². The molecule has 13 heavy (non-hydrogen) atoms. The Bertz CT molecular complexity index is 333. The molecule has 1 aromatic heterocycles. The van der Waals surface area contributed by atoms with Crippen molar-refractivity contribution in [2.24, 2.45) is 0 Å². The van der Waals surface area contributed by atoms with Crippen molar-refractivity contribution < 1.29 is 19.4 Å². The molecule has 6 heteroatoms. The summed E-state index contributed by atoms with van der Waals surface area (Å²) in [5.41, 5.74) is -0.243. The van der Waals surface area contributed by atoms with Crippen LogP contribution in [0.3, 0.4) is 0 Å². The normalized spacial score (nSPS) is 9.62. The number of aromatic carboxylic acids is 1. The molecule has 1 rings (SSSR count). The Balaban J connectivity index is 2.79. The highest BCUT2D eigenvalue weighted by molar-refractivity contribution is 7.11. The second-order valence-corrected chi connectivity index (χ2v) is 2.90. The highest BCUT2D eigenvalue weighted by Gasteiger charge is 2.11. The summed E-state index contributed by atoms with van der Waals surface area (Å²) in [6.45, 7) is 1.89. The number of carboxylic acids is 1. The Kier molecular flexibility index (Phi) is 2.97. The number of rotatable bonds is 3. The second kappa shape index (κ2) is 3.99. The molecule has 0 spiro atoms. The molecule has 0 amide bonds. The molecule has 0 radical (unpaired) electrons. The molecule has 1 aromatic rings. The van der Waals surface area contributed by atoms with E-state index in [4.69, 9.17) is 0 Å². The summed E-state index contributed by atoms with van der Waals surface area (Å²) in [5, 5.41) is 11.5. The molecule has 0 saturated heterocycles. The molecule has 0 aromatic carbocycles. The second-order valence-electron chi connectivity index (χ2n) is 2.05. The van der Waals surface area contributed by atoms with Gasteiger partial charge in [0.25, 0.3) is 0 Å². The van der Waals surface area contributed by atoms with Crippen LogP contribution in [0.15, 0.2) is 5.38 Å². The number of esters is 1. The molecule has 0 bridgehead atoms. The monoisotopic (exact) mass is 200 g/mol. The molecule has 0 aliphatic carbocycles. The molecule has 0 fully saturated rings. The van der Waals surface area contributed by atoms with Crippen molar-refractivity contribution in [1.82, 2.24) is 4.98 Å². The van der Waals surface area contributed by atoms with Gasteiger partial charge < -0.3 is 14.6 Å². The van der Waals surface area contributed by atoms with Crippen molar-refractivity contribution in [3.05, 3.63) is 16.1 Å². The molecule has 70 valence electrons. The zero-order chi connectivity index (χ0) is 9.84. The van der Waals surface area contributed by atoms with Gasteiger partial charge in [-0.15, -0.1) is 11.3 Å². The highest BCUT2D eigenvalue weighted by atomic mass is 32.1. The van der Waals surface area contributed by atoms with Crippen molar-refractivity contribution in [2.45, 2.75) is 6.92 Å². The van der Waals surface area contributed by atoms with Crippen LogP contribution < -0.4 is 5.11 Å². The maximum Gasteiger partial charge on any atom is 0.367 e. The van der Waals surface area contributed by atoms with Gasteiger partial charge in [0, 0.05) is 5.38 Å². The highest BCUT2D eigenvalue weighted by Crippen LogP contribution is 2.10. The Morgan fingerprint density at radius 1 is 1.69 bits per heavy atom. The quantitative estimate of drug-likeness (QED) is 0.625. The van der Waals surface area contributed by atoms with E-state index >= 15 is 0 Å². The van der Waals surface area contributed by atoms with Crippen LogP contribution >= 0.6 is 11.3 Å². The van der Waals surface area contributed by atoms with Crippen molar-refractivity contribution >= 4 is 23.3 Å². The predicted molar refractivity (Wildman–Crippen MR) is 42.4 cm³/mol. The van der Waals surface area contributed by atoms with E-state index in [1.165, 1.54) is 5.38 Å². The van der Waals surface area contributed by atoms with Gasteiger partial charge in [-0.1, -0.05) is 0 Å². The number of ether oxygens (including phenoxy) is 1. The van der Waals surface area contributed by atoms with E-state index < -0.39 is 11.9 Å². The fraction of sp³-hybridized carbons (Fsp3) is 0.286. The average molecular weight is 200 g/mol. The first-order chi connectivity index (χ1) is 6.15. The van der Waals surface area contributed by atoms with Gasteiger partial charge in [-0.3, -0.25) is 0 Å². The van der Waals surface area contributed by atoms with Crippen molar-refractivity contribution in [2.75, 3.05) is 6.61 Å². The summed E-state index contributed by atoms with van der Waals surface area (Å²) in [4.78, 5) is 24.8. The van der Waals surface area contributed by atoms with Crippen LogP contribution in [0.2, 0.25) is 0 Å². The third-order valence-corrected chi connectivity index (χ3v) is 1.99. The van der Waals surface area contributed by atoms with Gasteiger partial charge in [-0.05, 0) is 6.92 Å². The van der Waals surface area contributed by atoms with E-state index in [1.54, 1.807) is 6.92 Å². The zero-order valence-electron chi connectivity index (χ0n) is 6.77. The number of nitrogens with zero attached hydrogens (tertiary/aromatic N) is 1. The maximum absolute atomic E-state index is 11.0. The standard InChI is InChI=1S/C7H7NO4S/c1-2-12-7(11)5-8-4(3-13-5)6(9)10/h3H,2H2,1H3,(H,9,10)/p-1. The minimum atomic E-state index is -1.40. The molecular formula is C7H6NO4S-. The van der Waals surface area contributed by atoms with Gasteiger partial charge in [-0.2, -0.15) is 0 Å². The minimum absolute atomic E-state index is 0.0288. The Hall–Kier alpha value is -1.43. The first-order valence-corrected chi connectivity index (χ1v) is 4.37. The molecule has 0 aliphatic heterocycles.